The normalized spacial score (nSPS) is 11.0. The van der Waals surface area contributed by atoms with Crippen LogP contribution >= 0.6 is 0 Å². The largest absolute Gasteiger partial charge is 0.338 e. The molecule has 1 amide bonds. The predicted octanol–water partition coefficient (Wildman–Crippen LogP) is 4.11. The summed E-state index contributed by atoms with van der Waals surface area (Å²) in [5.41, 5.74) is 5.00. The highest BCUT2D eigenvalue weighted by Crippen LogP contribution is 2.22. The number of carbonyl (C=O) groups excluding carboxylic acids is 1. The van der Waals surface area contributed by atoms with Crippen LogP contribution in [0.15, 0.2) is 59.4 Å². The molecule has 3 aromatic heterocycles. The van der Waals surface area contributed by atoms with Gasteiger partial charge in [-0.25, -0.2) is 4.98 Å². The van der Waals surface area contributed by atoms with E-state index in [0.717, 1.165) is 23.2 Å². The number of benzene rings is 1. The molecular weight excluding hydrogens is 328 g/mol. The van der Waals surface area contributed by atoms with Crippen molar-refractivity contribution in [2.75, 3.05) is 5.32 Å². The first kappa shape index (κ1) is 16.1. The molecule has 0 bridgehead atoms. The number of imidazole rings is 1. The van der Waals surface area contributed by atoms with Gasteiger partial charge in [-0.05, 0) is 36.6 Å². The molecule has 0 saturated heterocycles. The van der Waals surface area contributed by atoms with Crippen LogP contribution in [0.25, 0.3) is 16.9 Å². The van der Waals surface area contributed by atoms with Gasteiger partial charge >= 0.3 is 0 Å². The number of anilines is 1. The molecule has 26 heavy (non-hydrogen) atoms. The molecule has 6 heteroatoms. The quantitative estimate of drug-likeness (QED) is 0.603. The summed E-state index contributed by atoms with van der Waals surface area (Å²) in [6.07, 6.45) is 4.55. The zero-order valence-electron chi connectivity index (χ0n) is 14.6. The number of hydrogen-bond acceptors (Lipinski definition) is 4. The molecule has 0 aliphatic carbocycles. The number of rotatable bonds is 4. The van der Waals surface area contributed by atoms with E-state index in [2.05, 4.69) is 34.5 Å². The zero-order chi connectivity index (χ0) is 18.1. The standard InChI is InChI=1S/C20H18N4O2/c1-3-14-4-6-15(7-5-14)16-11-19(26-23-16)22-20(25)17-12-24-9-8-13(2)10-18(24)21-17/h4-12H,3H2,1-2H3,(H,22,25). The van der Waals surface area contributed by atoms with Crippen molar-refractivity contribution in [3.8, 4) is 11.3 Å². The number of nitrogens with one attached hydrogen (secondary N) is 1. The van der Waals surface area contributed by atoms with E-state index in [4.69, 9.17) is 4.52 Å². The van der Waals surface area contributed by atoms with Gasteiger partial charge < -0.3 is 8.92 Å². The van der Waals surface area contributed by atoms with E-state index < -0.39 is 0 Å². The molecule has 0 atom stereocenters. The van der Waals surface area contributed by atoms with Crippen LogP contribution in [0.3, 0.4) is 0 Å². The van der Waals surface area contributed by atoms with E-state index >= 15 is 0 Å². The summed E-state index contributed by atoms with van der Waals surface area (Å²) in [4.78, 5) is 16.8. The van der Waals surface area contributed by atoms with Gasteiger partial charge in [0.05, 0.1) is 0 Å². The molecule has 0 unspecified atom stereocenters. The van der Waals surface area contributed by atoms with Gasteiger partial charge in [0.2, 0.25) is 5.88 Å². The summed E-state index contributed by atoms with van der Waals surface area (Å²) in [7, 11) is 0. The lowest BCUT2D eigenvalue weighted by Crippen LogP contribution is -2.11. The number of nitrogens with zero attached hydrogens (tertiary/aromatic N) is 3. The monoisotopic (exact) mass is 346 g/mol. The van der Waals surface area contributed by atoms with Crippen molar-refractivity contribution in [2.24, 2.45) is 0 Å². The fraction of sp³-hybridized carbons (Fsp3) is 0.150. The topological polar surface area (TPSA) is 72.4 Å². The Morgan fingerprint density at radius 2 is 2.00 bits per heavy atom. The van der Waals surface area contributed by atoms with Gasteiger partial charge in [0.25, 0.3) is 5.91 Å². The number of fused-ring (bicyclic) bond motifs is 1. The smallest absolute Gasteiger partial charge is 0.278 e. The minimum atomic E-state index is -0.338. The van der Waals surface area contributed by atoms with Crippen LogP contribution in [0.2, 0.25) is 0 Å². The second-order valence-electron chi connectivity index (χ2n) is 6.18. The maximum Gasteiger partial charge on any atom is 0.278 e. The van der Waals surface area contributed by atoms with Crippen LogP contribution in [0.1, 0.15) is 28.5 Å². The molecule has 1 aromatic carbocycles. The molecule has 6 nitrogen and oxygen atoms in total. The number of aromatic nitrogens is 3. The Labute approximate surface area is 150 Å². The summed E-state index contributed by atoms with van der Waals surface area (Å²) in [5, 5.41) is 6.73. The number of carbonyl (C=O) groups is 1. The summed E-state index contributed by atoms with van der Waals surface area (Å²) in [5.74, 6) is -0.0480. The lowest BCUT2D eigenvalue weighted by Gasteiger charge is -1.98. The van der Waals surface area contributed by atoms with Crippen LogP contribution in [-0.2, 0) is 6.42 Å². The number of hydrogen-bond donors (Lipinski definition) is 1. The maximum atomic E-state index is 12.4. The van der Waals surface area contributed by atoms with E-state index in [1.807, 2.05) is 41.8 Å². The fourth-order valence-corrected chi connectivity index (χ4v) is 2.75. The van der Waals surface area contributed by atoms with Gasteiger partial charge in [0.15, 0.2) is 0 Å². The van der Waals surface area contributed by atoms with Gasteiger partial charge in [-0.3, -0.25) is 10.1 Å². The summed E-state index contributed by atoms with van der Waals surface area (Å²) in [6, 6.07) is 13.7. The Morgan fingerprint density at radius 1 is 1.19 bits per heavy atom. The van der Waals surface area contributed by atoms with E-state index in [0.29, 0.717) is 11.4 Å². The molecule has 3 heterocycles. The summed E-state index contributed by atoms with van der Waals surface area (Å²) >= 11 is 0. The molecule has 0 aliphatic rings. The number of amides is 1. The molecule has 0 saturated carbocycles. The Morgan fingerprint density at radius 3 is 2.77 bits per heavy atom. The summed E-state index contributed by atoms with van der Waals surface area (Å²) < 4.78 is 7.05. The SMILES string of the molecule is CCc1ccc(-c2cc(NC(=O)c3cn4ccc(C)cc4n3)on2)cc1. The third kappa shape index (κ3) is 3.09. The van der Waals surface area contributed by atoms with Gasteiger partial charge in [0, 0.05) is 24.0 Å². The van der Waals surface area contributed by atoms with E-state index in [-0.39, 0.29) is 11.8 Å². The van der Waals surface area contributed by atoms with Crippen molar-refractivity contribution in [2.45, 2.75) is 20.3 Å². The molecule has 0 spiro atoms. The molecule has 130 valence electrons. The molecule has 0 radical (unpaired) electrons. The minimum absolute atomic E-state index is 0.290. The van der Waals surface area contributed by atoms with Crippen LogP contribution in [-0.4, -0.2) is 20.4 Å². The second kappa shape index (κ2) is 6.48. The van der Waals surface area contributed by atoms with Gasteiger partial charge in [-0.1, -0.05) is 36.3 Å². The van der Waals surface area contributed by atoms with E-state index in [1.165, 1.54) is 5.56 Å². The molecule has 4 aromatic rings. The van der Waals surface area contributed by atoms with Gasteiger partial charge in [-0.15, -0.1) is 0 Å². The Bertz CT molecular complexity index is 1080. The predicted molar refractivity (Wildman–Crippen MR) is 99.2 cm³/mol. The highest BCUT2D eigenvalue weighted by Gasteiger charge is 2.14. The maximum absolute atomic E-state index is 12.4. The molecule has 4 rings (SSSR count). The first-order valence-electron chi connectivity index (χ1n) is 8.45. The van der Waals surface area contributed by atoms with Crippen molar-refractivity contribution in [3.63, 3.8) is 0 Å². The Balaban J connectivity index is 1.53. The molecule has 0 aliphatic heterocycles. The zero-order valence-corrected chi connectivity index (χ0v) is 14.6. The van der Waals surface area contributed by atoms with Crippen molar-refractivity contribution >= 4 is 17.4 Å². The van der Waals surface area contributed by atoms with Crippen LogP contribution < -0.4 is 5.32 Å². The fourth-order valence-electron chi connectivity index (χ4n) is 2.75. The first-order chi connectivity index (χ1) is 12.6. The third-order valence-corrected chi connectivity index (χ3v) is 4.25. The van der Waals surface area contributed by atoms with Gasteiger partial charge in [0.1, 0.15) is 17.0 Å². The van der Waals surface area contributed by atoms with Crippen molar-refractivity contribution in [1.29, 1.82) is 0 Å². The average Bonchev–Trinajstić information content (AvgIpc) is 3.28. The first-order valence-corrected chi connectivity index (χ1v) is 8.45. The lowest BCUT2D eigenvalue weighted by atomic mass is 10.1. The third-order valence-electron chi connectivity index (χ3n) is 4.25. The molecule has 1 N–H and O–H groups in total. The van der Waals surface area contributed by atoms with Crippen LogP contribution in [0.5, 0.6) is 0 Å². The van der Waals surface area contributed by atoms with Crippen molar-refractivity contribution < 1.29 is 9.32 Å². The number of aryl methyl sites for hydroxylation is 2. The Kier molecular flexibility index (Phi) is 4.01. The highest BCUT2D eigenvalue weighted by molar-refractivity contribution is 6.02. The Hall–Kier alpha value is -3.41. The van der Waals surface area contributed by atoms with Crippen molar-refractivity contribution in [3.05, 3.63) is 71.7 Å². The van der Waals surface area contributed by atoms with Gasteiger partial charge in [-0.2, -0.15) is 0 Å². The number of pyridine rings is 1. The lowest BCUT2D eigenvalue weighted by molar-refractivity contribution is 0.101. The van der Waals surface area contributed by atoms with Crippen LogP contribution in [0.4, 0.5) is 5.88 Å². The van der Waals surface area contributed by atoms with Crippen molar-refractivity contribution in [1.82, 2.24) is 14.5 Å². The molecule has 0 fully saturated rings. The molecular formula is C20H18N4O2. The highest BCUT2D eigenvalue weighted by atomic mass is 16.5. The van der Waals surface area contributed by atoms with E-state index in [9.17, 15) is 4.79 Å². The second-order valence-corrected chi connectivity index (χ2v) is 6.18. The average molecular weight is 346 g/mol. The van der Waals surface area contributed by atoms with Crippen LogP contribution in [0, 0.1) is 6.92 Å². The summed E-state index contributed by atoms with van der Waals surface area (Å²) in [6.45, 7) is 4.09. The van der Waals surface area contributed by atoms with E-state index in [1.54, 1.807) is 12.3 Å². The minimum Gasteiger partial charge on any atom is -0.338 e.